The molecule has 2 aliphatic rings. The van der Waals surface area contributed by atoms with Crippen LogP contribution in [0.4, 0.5) is 6.01 Å². The number of amides is 1. The number of aliphatic hydroxyl groups excluding tert-OH is 2. The molecule has 0 bridgehead atoms. The standard InChI is InChI=1S/C21H30N4O4/c26-13-16(14-27)22-20(28)15-4-3-9-25(12-15)17-7-10-24(11-8-17)21-23-18-5-1-2-6-19(18)29-21/h1-2,5-6,15-17,26-27H,3-4,7-14H2,(H,22,28)/t15-/m1/s1. The van der Waals surface area contributed by atoms with Crippen LogP contribution in [-0.2, 0) is 4.79 Å². The van der Waals surface area contributed by atoms with Gasteiger partial charge < -0.3 is 24.8 Å². The average Bonchev–Trinajstić information content (AvgIpc) is 3.22. The lowest BCUT2D eigenvalue weighted by molar-refractivity contribution is -0.128. The third kappa shape index (κ3) is 4.55. The summed E-state index contributed by atoms with van der Waals surface area (Å²) >= 11 is 0. The molecule has 0 saturated carbocycles. The van der Waals surface area contributed by atoms with Crippen LogP contribution in [0.2, 0.25) is 0 Å². The third-order valence-corrected chi connectivity index (χ3v) is 6.14. The van der Waals surface area contributed by atoms with Crippen molar-refractivity contribution in [1.29, 1.82) is 0 Å². The number of nitrogens with zero attached hydrogens (tertiary/aromatic N) is 3. The zero-order valence-electron chi connectivity index (χ0n) is 16.7. The Morgan fingerprint density at radius 1 is 1.17 bits per heavy atom. The first-order valence-corrected chi connectivity index (χ1v) is 10.5. The Morgan fingerprint density at radius 2 is 1.93 bits per heavy atom. The molecule has 2 aromatic rings. The summed E-state index contributed by atoms with van der Waals surface area (Å²) in [7, 11) is 0. The van der Waals surface area contributed by atoms with E-state index in [1.807, 2.05) is 24.3 Å². The van der Waals surface area contributed by atoms with Gasteiger partial charge in [0.15, 0.2) is 5.58 Å². The number of aromatic nitrogens is 1. The summed E-state index contributed by atoms with van der Waals surface area (Å²) in [4.78, 5) is 21.7. The number of oxazole rings is 1. The third-order valence-electron chi connectivity index (χ3n) is 6.14. The largest absolute Gasteiger partial charge is 0.423 e. The van der Waals surface area contributed by atoms with Gasteiger partial charge in [0.1, 0.15) is 5.52 Å². The van der Waals surface area contributed by atoms with Crippen molar-refractivity contribution in [3.63, 3.8) is 0 Å². The number of fused-ring (bicyclic) bond motifs is 1. The van der Waals surface area contributed by atoms with Gasteiger partial charge in [-0.15, -0.1) is 0 Å². The second kappa shape index (κ2) is 9.11. The van der Waals surface area contributed by atoms with Gasteiger partial charge in [0, 0.05) is 25.7 Å². The molecule has 2 aliphatic heterocycles. The van der Waals surface area contributed by atoms with Crippen molar-refractivity contribution in [3.8, 4) is 0 Å². The van der Waals surface area contributed by atoms with Crippen LogP contribution in [0.3, 0.4) is 0 Å². The molecular weight excluding hydrogens is 372 g/mol. The molecule has 3 heterocycles. The minimum atomic E-state index is -0.572. The number of para-hydroxylation sites is 2. The first-order valence-electron chi connectivity index (χ1n) is 10.5. The molecule has 0 aliphatic carbocycles. The number of rotatable bonds is 6. The Hall–Kier alpha value is -2.16. The molecule has 1 atom stereocenters. The number of benzene rings is 1. The maximum Gasteiger partial charge on any atom is 0.298 e. The molecule has 29 heavy (non-hydrogen) atoms. The predicted octanol–water partition coefficient (Wildman–Crippen LogP) is 0.978. The van der Waals surface area contributed by atoms with Crippen LogP contribution >= 0.6 is 0 Å². The Kier molecular flexibility index (Phi) is 6.32. The lowest BCUT2D eigenvalue weighted by atomic mass is 9.93. The lowest BCUT2D eigenvalue weighted by Crippen LogP contribution is -2.52. The fourth-order valence-corrected chi connectivity index (χ4v) is 4.44. The summed E-state index contributed by atoms with van der Waals surface area (Å²) in [5.41, 5.74) is 1.71. The van der Waals surface area contributed by atoms with E-state index in [1.54, 1.807) is 0 Å². The van der Waals surface area contributed by atoms with Gasteiger partial charge in [-0.05, 0) is 44.4 Å². The second-order valence-electron chi connectivity index (χ2n) is 8.09. The molecule has 3 N–H and O–H groups in total. The molecule has 4 rings (SSSR count). The van der Waals surface area contributed by atoms with Crippen molar-refractivity contribution in [3.05, 3.63) is 24.3 Å². The van der Waals surface area contributed by atoms with Crippen molar-refractivity contribution < 1.29 is 19.4 Å². The van der Waals surface area contributed by atoms with E-state index in [1.165, 1.54) is 0 Å². The van der Waals surface area contributed by atoms with Crippen molar-refractivity contribution in [2.45, 2.75) is 37.8 Å². The Balaban J connectivity index is 1.31. The topological polar surface area (TPSA) is 102 Å². The van der Waals surface area contributed by atoms with E-state index in [4.69, 9.17) is 4.42 Å². The van der Waals surface area contributed by atoms with Crippen LogP contribution in [0.25, 0.3) is 11.1 Å². The Bertz CT molecular complexity index is 781. The molecule has 158 valence electrons. The highest BCUT2D eigenvalue weighted by atomic mass is 16.4. The van der Waals surface area contributed by atoms with Crippen molar-refractivity contribution in [2.75, 3.05) is 44.3 Å². The highest BCUT2D eigenvalue weighted by molar-refractivity contribution is 5.79. The van der Waals surface area contributed by atoms with E-state index in [9.17, 15) is 15.0 Å². The Labute approximate surface area is 170 Å². The maximum absolute atomic E-state index is 12.5. The van der Waals surface area contributed by atoms with Gasteiger partial charge in [-0.1, -0.05) is 12.1 Å². The van der Waals surface area contributed by atoms with Gasteiger partial charge in [0.05, 0.1) is 25.2 Å². The number of hydrogen-bond acceptors (Lipinski definition) is 7. The minimum absolute atomic E-state index is 0.0632. The second-order valence-corrected chi connectivity index (χ2v) is 8.09. The van der Waals surface area contributed by atoms with E-state index >= 15 is 0 Å². The van der Waals surface area contributed by atoms with E-state index < -0.39 is 6.04 Å². The molecule has 1 amide bonds. The highest BCUT2D eigenvalue weighted by Gasteiger charge is 2.33. The molecule has 0 radical (unpaired) electrons. The summed E-state index contributed by atoms with van der Waals surface area (Å²) < 4.78 is 5.90. The number of piperidine rings is 2. The number of likely N-dealkylation sites (tertiary alicyclic amines) is 1. The SMILES string of the molecule is O=C(NC(CO)CO)[C@@H]1CCCN(C2CCN(c3nc4ccccc4o3)CC2)C1. The molecular formula is C21H30N4O4. The van der Waals surface area contributed by atoms with Crippen LogP contribution in [0.1, 0.15) is 25.7 Å². The molecule has 1 aromatic heterocycles. The van der Waals surface area contributed by atoms with Crippen LogP contribution in [0.5, 0.6) is 0 Å². The van der Waals surface area contributed by atoms with Gasteiger partial charge in [0.2, 0.25) is 5.91 Å². The number of anilines is 1. The summed E-state index contributed by atoms with van der Waals surface area (Å²) in [6, 6.07) is 8.40. The fraction of sp³-hybridized carbons (Fsp3) is 0.619. The zero-order valence-corrected chi connectivity index (χ0v) is 16.7. The maximum atomic E-state index is 12.5. The summed E-state index contributed by atoms with van der Waals surface area (Å²) in [5, 5.41) is 21.1. The monoisotopic (exact) mass is 402 g/mol. The number of aliphatic hydroxyl groups is 2. The number of hydrogen-bond donors (Lipinski definition) is 3. The van der Waals surface area contributed by atoms with Crippen LogP contribution in [-0.4, -0.2) is 77.5 Å². The highest BCUT2D eigenvalue weighted by Crippen LogP contribution is 2.28. The summed E-state index contributed by atoms with van der Waals surface area (Å²) in [6.45, 7) is 3.05. The van der Waals surface area contributed by atoms with E-state index in [-0.39, 0.29) is 25.0 Å². The lowest BCUT2D eigenvalue weighted by Gasteiger charge is -2.41. The van der Waals surface area contributed by atoms with Crippen molar-refractivity contribution >= 4 is 23.0 Å². The molecule has 8 heteroatoms. The Morgan fingerprint density at radius 3 is 2.66 bits per heavy atom. The smallest absolute Gasteiger partial charge is 0.298 e. The van der Waals surface area contributed by atoms with Gasteiger partial charge in [-0.25, -0.2) is 0 Å². The molecule has 2 saturated heterocycles. The predicted molar refractivity (Wildman–Crippen MR) is 110 cm³/mol. The fourth-order valence-electron chi connectivity index (χ4n) is 4.44. The molecule has 8 nitrogen and oxygen atoms in total. The summed E-state index contributed by atoms with van der Waals surface area (Å²) in [5.74, 6) is -0.147. The van der Waals surface area contributed by atoms with Crippen LogP contribution < -0.4 is 10.2 Å². The van der Waals surface area contributed by atoms with E-state index in [0.29, 0.717) is 12.1 Å². The van der Waals surface area contributed by atoms with Crippen LogP contribution in [0, 0.1) is 5.92 Å². The van der Waals surface area contributed by atoms with Crippen molar-refractivity contribution in [1.82, 2.24) is 15.2 Å². The van der Waals surface area contributed by atoms with Gasteiger partial charge in [-0.2, -0.15) is 4.98 Å². The zero-order chi connectivity index (χ0) is 20.2. The quantitative estimate of drug-likeness (QED) is 0.662. The average molecular weight is 402 g/mol. The van der Waals surface area contributed by atoms with Gasteiger partial charge in [-0.3, -0.25) is 9.69 Å². The molecule has 1 aromatic carbocycles. The first kappa shape index (κ1) is 20.1. The number of carbonyl (C=O) groups is 1. The van der Waals surface area contributed by atoms with Gasteiger partial charge >= 0.3 is 0 Å². The van der Waals surface area contributed by atoms with E-state index in [2.05, 4.69) is 20.1 Å². The molecule has 0 unspecified atom stereocenters. The number of carbonyl (C=O) groups excluding carboxylic acids is 1. The number of nitrogens with one attached hydrogen (secondary N) is 1. The van der Waals surface area contributed by atoms with Crippen molar-refractivity contribution in [2.24, 2.45) is 5.92 Å². The van der Waals surface area contributed by atoms with E-state index in [0.717, 1.165) is 63.0 Å². The molecule has 2 fully saturated rings. The van der Waals surface area contributed by atoms with Gasteiger partial charge in [0.25, 0.3) is 6.01 Å². The first-order chi connectivity index (χ1) is 14.2. The minimum Gasteiger partial charge on any atom is -0.423 e. The summed E-state index contributed by atoms with van der Waals surface area (Å²) in [6.07, 6.45) is 3.88. The van der Waals surface area contributed by atoms with Crippen LogP contribution in [0.15, 0.2) is 28.7 Å². The normalized spacial score (nSPS) is 21.8. The molecule has 0 spiro atoms.